The monoisotopic (exact) mass is 411 g/mol. The van der Waals surface area contributed by atoms with E-state index < -0.39 is 6.16 Å². The third-order valence-electron chi connectivity index (χ3n) is 3.59. The van der Waals surface area contributed by atoms with Gasteiger partial charge in [-0.15, -0.1) is 10.2 Å². The van der Waals surface area contributed by atoms with E-state index >= 15 is 0 Å². The Morgan fingerprint density at radius 3 is 2.52 bits per heavy atom. The lowest BCUT2D eigenvalue weighted by Crippen LogP contribution is -2.27. The van der Waals surface area contributed by atoms with Crippen molar-refractivity contribution in [2.24, 2.45) is 0 Å². The van der Waals surface area contributed by atoms with Crippen LogP contribution in [-0.4, -0.2) is 52.8 Å². The van der Waals surface area contributed by atoms with E-state index in [0.29, 0.717) is 12.4 Å². The number of nitrogens with zero attached hydrogens (tertiary/aromatic N) is 4. The van der Waals surface area contributed by atoms with Crippen LogP contribution in [-0.2, 0) is 11.3 Å². The molecule has 8 nitrogen and oxygen atoms in total. The van der Waals surface area contributed by atoms with Crippen molar-refractivity contribution in [2.45, 2.75) is 20.4 Å². The molecule has 2 rings (SSSR count). The highest BCUT2D eigenvalue weighted by molar-refractivity contribution is 9.10. The Balaban J connectivity index is 2.16. The van der Waals surface area contributed by atoms with Gasteiger partial charge in [-0.3, -0.25) is 0 Å². The Labute approximate surface area is 155 Å². The molecule has 0 unspecified atom stereocenters. The number of rotatable bonds is 8. The highest BCUT2D eigenvalue weighted by Crippen LogP contribution is 2.25. The fourth-order valence-corrected chi connectivity index (χ4v) is 2.41. The van der Waals surface area contributed by atoms with E-state index in [1.165, 1.54) is 11.9 Å². The first-order chi connectivity index (χ1) is 12.0. The quantitative estimate of drug-likeness (QED) is 0.667. The molecule has 0 saturated carbocycles. The highest BCUT2D eigenvalue weighted by atomic mass is 79.9. The van der Waals surface area contributed by atoms with E-state index in [9.17, 15) is 4.79 Å². The molecule has 0 saturated heterocycles. The summed E-state index contributed by atoms with van der Waals surface area (Å²) in [6, 6.07) is 7.55. The Bertz CT molecular complexity index is 686. The van der Waals surface area contributed by atoms with Crippen molar-refractivity contribution in [3.8, 4) is 5.88 Å². The normalized spacial score (nSPS) is 10.8. The van der Waals surface area contributed by atoms with Crippen LogP contribution in [0.15, 0.2) is 28.7 Å². The summed E-state index contributed by atoms with van der Waals surface area (Å²) in [4.78, 5) is 15.2. The van der Waals surface area contributed by atoms with Crippen molar-refractivity contribution >= 4 is 33.6 Å². The van der Waals surface area contributed by atoms with Gasteiger partial charge in [0, 0.05) is 16.7 Å². The van der Waals surface area contributed by atoms with Crippen LogP contribution in [0.2, 0.25) is 0 Å². The highest BCUT2D eigenvalue weighted by Gasteiger charge is 2.17. The van der Waals surface area contributed by atoms with Crippen LogP contribution in [0, 0.1) is 0 Å². The van der Waals surface area contributed by atoms with Gasteiger partial charge in [0.25, 0.3) is 5.88 Å². The van der Waals surface area contributed by atoms with Gasteiger partial charge < -0.3 is 19.7 Å². The van der Waals surface area contributed by atoms with Gasteiger partial charge in [0.1, 0.15) is 0 Å². The lowest BCUT2D eigenvalue weighted by atomic mass is 10.3. The number of nitrogens with one attached hydrogen (secondary N) is 1. The third kappa shape index (κ3) is 5.71. The zero-order valence-corrected chi connectivity index (χ0v) is 16.1. The minimum atomic E-state index is -0.838. The predicted octanol–water partition coefficient (Wildman–Crippen LogP) is 3.27. The molecule has 0 aliphatic carbocycles. The summed E-state index contributed by atoms with van der Waals surface area (Å²) in [5.74, 6) is 0.432. The van der Waals surface area contributed by atoms with Gasteiger partial charge >= 0.3 is 6.16 Å². The van der Waals surface area contributed by atoms with Gasteiger partial charge in [0.15, 0.2) is 0 Å². The van der Waals surface area contributed by atoms with Crippen molar-refractivity contribution < 1.29 is 14.3 Å². The van der Waals surface area contributed by atoms with Crippen LogP contribution >= 0.6 is 15.9 Å². The Morgan fingerprint density at radius 1 is 1.24 bits per heavy atom. The standard InChI is InChI=1S/C16H22BrN5O3/c1-4-21(5-2)10-11-22-19-14(15(20-22)25-16(23)24-3)18-13-8-6-12(17)7-9-13/h6-9H,4-5,10-11H2,1-3H3,(H,18,19). The van der Waals surface area contributed by atoms with Crippen LogP contribution in [0.4, 0.5) is 16.3 Å². The van der Waals surface area contributed by atoms with E-state index in [-0.39, 0.29) is 5.88 Å². The fraction of sp³-hybridized carbons (Fsp3) is 0.438. The molecule has 0 amide bonds. The summed E-state index contributed by atoms with van der Waals surface area (Å²) < 4.78 is 10.6. The molecule has 0 radical (unpaired) electrons. The molecule has 25 heavy (non-hydrogen) atoms. The van der Waals surface area contributed by atoms with Crippen molar-refractivity contribution in [1.29, 1.82) is 0 Å². The zero-order valence-electron chi connectivity index (χ0n) is 14.5. The number of hydrogen-bond acceptors (Lipinski definition) is 7. The maximum Gasteiger partial charge on any atom is 0.515 e. The predicted molar refractivity (Wildman–Crippen MR) is 98.3 cm³/mol. The van der Waals surface area contributed by atoms with E-state index in [4.69, 9.17) is 4.74 Å². The summed E-state index contributed by atoms with van der Waals surface area (Å²) in [5, 5.41) is 11.7. The first-order valence-electron chi connectivity index (χ1n) is 8.01. The number of benzene rings is 1. The largest absolute Gasteiger partial charge is 0.515 e. The number of hydrogen-bond donors (Lipinski definition) is 1. The molecule has 0 aliphatic heterocycles. The molecule has 1 aromatic heterocycles. The topological polar surface area (TPSA) is 81.5 Å². The maximum atomic E-state index is 11.4. The fourth-order valence-electron chi connectivity index (χ4n) is 2.14. The minimum Gasteiger partial charge on any atom is -0.437 e. The van der Waals surface area contributed by atoms with Crippen LogP contribution in [0.3, 0.4) is 0 Å². The second-order valence-electron chi connectivity index (χ2n) is 5.16. The first-order valence-corrected chi connectivity index (χ1v) is 8.80. The van der Waals surface area contributed by atoms with Gasteiger partial charge in [0.2, 0.25) is 5.82 Å². The number of halogens is 1. The molecule has 0 aliphatic rings. The summed E-state index contributed by atoms with van der Waals surface area (Å²) in [7, 11) is 1.24. The van der Waals surface area contributed by atoms with Gasteiger partial charge in [-0.1, -0.05) is 29.8 Å². The number of carbonyl (C=O) groups is 1. The molecule has 0 atom stereocenters. The average molecular weight is 412 g/mol. The van der Waals surface area contributed by atoms with Crippen LogP contribution in [0.1, 0.15) is 13.8 Å². The summed E-state index contributed by atoms with van der Waals surface area (Å²) >= 11 is 3.39. The number of methoxy groups -OCH3 is 1. The maximum absolute atomic E-state index is 11.4. The van der Waals surface area contributed by atoms with E-state index in [1.807, 2.05) is 24.3 Å². The Hall–Kier alpha value is -2.13. The summed E-state index contributed by atoms with van der Waals surface area (Å²) in [6.45, 7) is 7.50. The zero-order chi connectivity index (χ0) is 18.2. The molecular formula is C16H22BrN5O3. The number of carbonyl (C=O) groups excluding carboxylic acids is 1. The van der Waals surface area contributed by atoms with Crippen molar-refractivity contribution in [1.82, 2.24) is 19.9 Å². The average Bonchev–Trinajstić information content (AvgIpc) is 2.99. The second-order valence-corrected chi connectivity index (χ2v) is 6.08. The van der Waals surface area contributed by atoms with E-state index in [1.54, 1.807) is 0 Å². The smallest absolute Gasteiger partial charge is 0.437 e. The Kier molecular flexibility index (Phi) is 7.20. The van der Waals surface area contributed by atoms with Gasteiger partial charge in [-0.25, -0.2) is 4.79 Å². The molecular weight excluding hydrogens is 390 g/mol. The van der Waals surface area contributed by atoms with Crippen LogP contribution in [0.5, 0.6) is 5.88 Å². The molecule has 136 valence electrons. The van der Waals surface area contributed by atoms with Crippen molar-refractivity contribution in [3.63, 3.8) is 0 Å². The number of aromatic nitrogens is 3. The van der Waals surface area contributed by atoms with Crippen LogP contribution < -0.4 is 10.1 Å². The molecule has 2 aromatic rings. The van der Waals surface area contributed by atoms with E-state index in [0.717, 1.165) is 29.8 Å². The van der Waals surface area contributed by atoms with Crippen LogP contribution in [0.25, 0.3) is 0 Å². The van der Waals surface area contributed by atoms with Crippen molar-refractivity contribution in [2.75, 3.05) is 32.1 Å². The minimum absolute atomic E-state index is 0.0781. The number of anilines is 2. The molecule has 9 heteroatoms. The SMILES string of the molecule is CCN(CC)CCn1nc(Nc2ccc(Br)cc2)c(OC(=O)OC)n1. The Morgan fingerprint density at radius 2 is 1.92 bits per heavy atom. The molecule has 0 bridgehead atoms. The molecule has 0 fully saturated rings. The molecule has 1 N–H and O–H groups in total. The lowest BCUT2D eigenvalue weighted by molar-refractivity contribution is 0.119. The third-order valence-corrected chi connectivity index (χ3v) is 4.12. The second kappa shape index (κ2) is 9.38. The molecule has 1 heterocycles. The molecule has 1 aromatic carbocycles. The summed E-state index contributed by atoms with van der Waals surface area (Å²) in [5.41, 5.74) is 0.800. The van der Waals surface area contributed by atoms with Gasteiger partial charge in [-0.2, -0.15) is 4.80 Å². The number of ether oxygens (including phenoxy) is 2. The van der Waals surface area contributed by atoms with Crippen molar-refractivity contribution in [3.05, 3.63) is 28.7 Å². The van der Waals surface area contributed by atoms with Gasteiger partial charge in [0.05, 0.1) is 13.7 Å². The lowest BCUT2D eigenvalue weighted by Gasteiger charge is -2.16. The molecule has 0 spiro atoms. The first kappa shape index (κ1) is 19.2. The van der Waals surface area contributed by atoms with Gasteiger partial charge in [-0.05, 0) is 37.4 Å². The van der Waals surface area contributed by atoms with E-state index in [2.05, 4.69) is 54.9 Å². The summed E-state index contributed by atoms with van der Waals surface area (Å²) in [6.07, 6.45) is -0.838. The number of likely N-dealkylation sites (N-methyl/N-ethyl adjacent to an activating group) is 1.